The molecule has 0 aromatic heterocycles. The van der Waals surface area contributed by atoms with E-state index in [4.69, 9.17) is 0 Å². The van der Waals surface area contributed by atoms with E-state index in [-0.39, 0.29) is 0 Å². The van der Waals surface area contributed by atoms with Crippen LogP contribution in [0.25, 0.3) is 17.2 Å². The summed E-state index contributed by atoms with van der Waals surface area (Å²) in [4.78, 5) is 0. The van der Waals surface area contributed by atoms with Gasteiger partial charge in [0.2, 0.25) is 0 Å². The first-order valence-electron chi connectivity index (χ1n) is 6.77. The number of benzene rings is 2. The Hall–Kier alpha value is -1.82. The fourth-order valence-electron chi connectivity index (χ4n) is 2.80. The molecule has 0 radical (unpaired) electrons. The van der Waals surface area contributed by atoms with Gasteiger partial charge in [0.1, 0.15) is 0 Å². The van der Waals surface area contributed by atoms with Crippen molar-refractivity contribution in [1.82, 2.24) is 0 Å². The first-order chi connectivity index (χ1) is 8.90. The summed E-state index contributed by atoms with van der Waals surface area (Å²) >= 11 is 0. The third kappa shape index (κ3) is 1.88. The van der Waals surface area contributed by atoms with Gasteiger partial charge in [-0.05, 0) is 40.7 Å². The second kappa shape index (κ2) is 4.81. The van der Waals surface area contributed by atoms with Crippen LogP contribution in [0.2, 0.25) is 0 Å². The molecule has 0 fully saturated rings. The molecule has 0 nitrogen and oxygen atoms in total. The maximum atomic E-state index is 2.27. The molecule has 90 valence electrons. The molecule has 2 aromatic rings. The van der Waals surface area contributed by atoms with E-state index in [2.05, 4.69) is 61.5 Å². The molecule has 0 spiro atoms. The monoisotopic (exact) mass is 234 g/mol. The zero-order valence-corrected chi connectivity index (χ0v) is 10.8. The van der Waals surface area contributed by atoms with Crippen LogP contribution in [-0.2, 0) is 12.8 Å². The minimum absolute atomic E-state index is 1.08. The van der Waals surface area contributed by atoms with E-state index in [1.54, 1.807) is 0 Å². The van der Waals surface area contributed by atoms with Gasteiger partial charge in [0.15, 0.2) is 0 Å². The fraction of sp³-hybridized carbons (Fsp3) is 0.222. The first-order valence-corrected chi connectivity index (χ1v) is 6.77. The third-order valence-corrected chi connectivity index (χ3v) is 3.65. The van der Waals surface area contributed by atoms with Crippen molar-refractivity contribution >= 4 is 6.08 Å². The van der Waals surface area contributed by atoms with Crippen LogP contribution in [-0.4, -0.2) is 0 Å². The molecule has 1 aliphatic carbocycles. The second-order valence-electron chi connectivity index (χ2n) is 4.89. The molecule has 0 heteroatoms. The second-order valence-corrected chi connectivity index (χ2v) is 4.89. The molecule has 0 atom stereocenters. The molecule has 18 heavy (non-hydrogen) atoms. The van der Waals surface area contributed by atoms with Crippen molar-refractivity contribution in [2.24, 2.45) is 0 Å². The number of hydrogen-bond donors (Lipinski definition) is 0. The summed E-state index contributed by atoms with van der Waals surface area (Å²) in [7, 11) is 0. The molecule has 1 aliphatic rings. The highest BCUT2D eigenvalue weighted by molar-refractivity contribution is 5.81. The Bertz CT molecular complexity index is 591. The van der Waals surface area contributed by atoms with Crippen LogP contribution in [0.3, 0.4) is 0 Å². The Labute approximate surface area is 109 Å². The summed E-state index contributed by atoms with van der Waals surface area (Å²) in [5, 5.41) is 0. The zero-order valence-electron chi connectivity index (χ0n) is 10.8. The van der Waals surface area contributed by atoms with E-state index in [1.165, 1.54) is 34.2 Å². The Morgan fingerprint density at radius 1 is 0.944 bits per heavy atom. The minimum Gasteiger partial charge on any atom is -0.0795 e. The van der Waals surface area contributed by atoms with Gasteiger partial charge in [-0.25, -0.2) is 0 Å². The summed E-state index contributed by atoms with van der Waals surface area (Å²) in [6, 6.07) is 15.5. The van der Waals surface area contributed by atoms with Crippen molar-refractivity contribution in [3.63, 3.8) is 0 Å². The lowest BCUT2D eigenvalue weighted by Crippen LogP contribution is -1.92. The quantitative estimate of drug-likeness (QED) is 0.710. The average molecular weight is 234 g/mol. The predicted molar refractivity (Wildman–Crippen MR) is 78.6 cm³/mol. The summed E-state index contributed by atoms with van der Waals surface area (Å²) in [5.74, 6) is 0. The van der Waals surface area contributed by atoms with Gasteiger partial charge in [-0.1, -0.05) is 68.0 Å². The van der Waals surface area contributed by atoms with Crippen LogP contribution >= 0.6 is 0 Å². The molecule has 0 saturated heterocycles. The van der Waals surface area contributed by atoms with Crippen molar-refractivity contribution in [3.8, 4) is 11.1 Å². The van der Waals surface area contributed by atoms with E-state index < -0.39 is 0 Å². The van der Waals surface area contributed by atoms with Crippen molar-refractivity contribution in [3.05, 3.63) is 65.2 Å². The molecule has 3 rings (SSSR count). The summed E-state index contributed by atoms with van der Waals surface area (Å²) in [6.07, 6.45) is 7.97. The van der Waals surface area contributed by atoms with Crippen molar-refractivity contribution in [1.29, 1.82) is 0 Å². The number of rotatable bonds is 3. The highest BCUT2D eigenvalue weighted by Crippen LogP contribution is 2.33. The van der Waals surface area contributed by atoms with Crippen LogP contribution in [0.5, 0.6) is 0 Å². The zero-order chi connectivity index (χ0) is 12.4. The topological polar surface area (TPSA) is 0 Å². The largest absolute Gasteiger partial charge is 0.0795 e. The van der Waals surface area contributed by atoms with Gasteiger partial charge in [0.05, 0.1) is 0 Å². The first kappa shape index (κ1) is 11.3. The SMILES string of the molecule is CCCc1ccccc1-c1cccc2c1C=CC2. The van der Waals surface area contributed by atoms with E-state index in [0.29, 0.717) is 0 Å². The van der Waals surface area contributed by atoms with Gasteiger partial charge in [0.25, 0.3) is 0 Å². The highest BCUT2D eigenvalue weighted by Gasteiger charge is 2.12. The molecule has 0 unspecified atom stereocenters. The van der Waals surface area contributed by atoms with E-state index in [0.717, 1.165) is 12.8 Å². The molecular weight excluding hydrogens is 216 g/mol. The van der Waals surface area contributed by atoms with E-state index in [9.17, 15) is 0 Å². The third-order valence-electron chi connectivity index (χ3n) is 3.65. The smallest absolute Gasteiger partial charge is 0.00879 e. The number of fused-ring (bicyclic) bond motifs is 1. The summed E-state index contributed by atoms with van der Waals surface area (Å²) in [5.41, 5.74) is 7.14. The van der Waals surface area contributed by atoms with Crippen LogP contribution in [0.15, 0.2) is 48.5 Å². The molecule has 0 aliphatic heterocycles. The fourth-order valence-corrected chi connectivity index (χ4v) is 2.80. The molecule has 0 N–H and O–H groups in total. The van der Waals surface area contributed by atoms with Crippen molar-refractivity contribution in [2.75, 3.05) is 0 Å². The van der Waals surface area contributed by atoms with Gasteiger partial charge < -0.3 is 0 Å². The standard InChI is InChI=1S/C18H18/c1-2-7-14-8-3-4-11-16(14)18-13-6-10-15-9-5-12-17(15)18/h3-6,8,10-13H,2,7,9H2,1H3. The highest BCUT2D eigenvalue weighted by atomic mass is 14.2. The van der Waals surface area contributed by atoms with Crippen molar-refractivity contribution < 1.29 is 0 Å². The maximum Gasteiger partial charge on any atom is -0.00879 e. The van der Waals surface area contributed by atoms with Crippen molar-refractivity contribution in [2.45, 2.75) is 26.2 Å². The molecule has 0 bridgehead atoms. The van der Waals surface area contributed by atoms with E-state index >= 15 is 0 Å². The molecule has 0 heterocycles. The average Bonchev–Trinajstić information content (AvgIpc) is 2.88. The lowest BCUT2D eigenvalue weighted by Gasteiger charge is -2.12. The van der Waals surface area contributed by atoms with E-state index in [1.807, 2.05) is 0 Å². The van der Waals surface area contributed by atoms with Gasteiger partial charge in [-0.2, -0.15) is 0 Å². The summed E-state index contributed by atoms with van der Waals surface area (Å²) in [6.45, 7) is 2.24. The number of aryl methyl sites for hydroxylation is 1. The van der Waals surface area contributed by atoms with Gasteiger partial charge in [0, 0.05) is 0 Å². The normalized spacial score (nSPS) is 12.7. The Kier molecular flexibility index (Phi) is 3.02. The maximum absolute atomic E-state index is 2.27. The minimum atomic E-state index is 1.08. The lowest BCUT2D eigenvalue weighted by molar-refractivity contribution is 0.923. The van der Waals surface area contributed by atoms with Crippen LogP contribution in [0, 0.1) is 0 Å². The molecule has 2 aromatic carbocycles. The van der Waals surface area contributed by atoms with Crippen LogP contribution < -0.4 is 0 Å². The predicted octanol–water partition coefficient (Wildman–Crippen LogP) is 4.88. The number of hydrogen-bond acceptors (Lipinski definition) is 0. The van der Waals surface area contributed by atoms with Gasteiger partial charge in [-0.15, -0.1) is 0 Å². The molecule has 0 saturated carbocycles. The van der Waals surface area contributed by atoms with Gasteiger partial charge in [-0.3, -0.25) is 0 Å². The van der Waals surface area contributed by atoms with Crippen LogP contribution in [0.1, 0.15) is 30.0 Å². The van der Waals surface area contributed by atoms with Gasteiger partial charge >= 0.3 is 0 Å². The Morgan fingerprint density at radius 3 is 2.67 bits per heavy atom. The summed E-state index contributed by atoms with van der Waals surface area (Å²) < 4.78 is 0. The Balaban J connectivity index is 2.16. The van der Waals surface area contributed by atoms with Crippen LogP contribution in [0.4, 0.5) is 0 Å². The Morgan fingerprint density at radius 2 is 1.78 bits per heavy atom. The molecule has 0 amide bonds. The lowest BCUT2D eigenvalue weighted by atomic mass is 9.92. The number of allylic oxidation sites excluding steroid dienone is 1. The molecular formula is C18H18.